The third-order valence-electron chi connectivity index (χ3n) is 3.07. The van der Waals surface area contributed by atoms with Crippen molar-refractivity contribution in [3.63, 3.8) is 0 Å². The van der Waals surface area contributed by atoms with E-state index in [0.29, 0.717) is 12.2 Å². The van der Waals surface area contributed by atoms with Crippen LogP contribution in [0.4, 0.5) is 5.88 Å². The average molecular weight is 279 g/mol. The van der Waals surface area contributed by atoms with E-state index in [4.69, 9.17) is 9.15 Å². The largest absolute Gasteiger partial charge is 0.440 e. The Morgan fingerprint density at radius 2 is 2.25 bits per heavy atom. The summed E-state index contributed by atoms with van der Waals surface area (Å²) in [5.74, 6) is 1.37. The van der Waals surface area contributed by atoms with Crippen LogP contribution in [-0.2, 0) is 9.53 Å². The zero-order valence-electron chi connectivity index (χ0n) is 11.8. The van der Waals surface area contributed by atoms with Crippen molar-refractivity contribution in [1.29, 1.82) is 0 Å². The summed E-state index contributed by atoms with van der Waals surface area (Å²) < 4.78 is 11.0. The molecule has 20 heavy (non-hydrogen) atoms. The average Bonchev–Trinajstić information content (AvgIpc) is 2.95. The maximum Gasteiger partial charge on any atom is 0.240 e. The van der Waals surface area contributed by atoms with E-state index >= 15 is 0 Å². The Morgan fingerprint density at radius 1 is 1.45 bits per heavy atom. The zero-order chi connectivity index (χ0) is 14.2. The first kappa shape index (κ1) is 14.6. The lowest BCUT2D eigenvalue weighted by Gasteiger charge is -2.26. The Hall–Kier alpha value is -1.82. The van der Waals surface area contributed by atoms with E-state index in [0.717, 1.165) is 45.0 Å². The molecule has 2 heterocycles. The summed E-state index contributed by atoms with van der Waals surface area (Å²) in [6, 6.07) is 3.75. The molecule has 1 fully saturated rings. The van der Waals surface area contributed by atoms with Crippen LogP contribution in [0.25, 0.3) is 0 Å². The van der Waals surface area contributed by atoms with Crippen molar-refractivity contribution in [2.45, 2.75) is 26.2 Å². The molecule has 6 nitrogen and oxygen atoms in total. The van der Waals surface area contributed by atoms with Gasteiger partial charge in [0.2, 0.25) is 5.91 Å². The summed E-state index contributed by atoms with van der Waals surface area (Å²) in [5, 5.41) is 3.89. The Balaban J connectivity index is 1.81. The Labute approximate surface area is 118 Å². The lowest BCUT2D eigenvalue weighted by molar-refractivity contribution is -0.121. The molecule has 1 aromatic rings. The minimum atomic E-state index is -0.0666. The van der Waals surface area contributed by atoms with Crippen molar-refractivity contribution >= 4 is 18.0 Å². The Morgan fingerprint density at radius 3 is 3.00 bits per heavy atom. The van der Waals surface area contributed by atoms with E-state index in [-0.39, 0.29) is 5.91 Å². The summed E-state index contributed by atoms with van der Waals surface area (Å²) in [5.41, 5.74) is 2.49. The first-order chi connectivity index (χ1) is 9.79. The number of hydrogen-bond donors (Lipinski definition) is 1. The molecule has 1 aliphatic rings. The van der Waals surface area contributed by atoms with Gasteiger partial charge in [0.25, 0.3) is 0 Å². The van der Waals surface area contributed by atoms with Crippen LogP contribution >= 0.6 is 0 Å². The Kier molecular flexibility index (Phi) is 5.61. The molecule has 0 radical (unpaired) electrons. The fourth-order valence-corrected chi connectivity index (χ4v) is 1.93. The molecule has 2 rings (SSSR count). The maximum absolute atomic E-state index is 11.4. The molecule has 0 saturated carbocycles. The fraction of sp³-hybridized carbons (Fsp3) is 0.571. The van der Waals surface area contributed by atoms with Crippen LogP contribution in [0.5, 0.6) is 0 Å². The molecule has 1 saturated heterocycles. The van der Waals surface area contributed by atoms with Crippen molar-refractivity contribution in [3.05, 3.63) is 17.9 Å². The molecule has 0 aromatic carbocycles. The second kappa shape index (κ2) is 7.69. The van der Waals surface area contributed by atoms with E-state index in [1.807, 2.05) is 19.1 Å². The monoisotopic (exact) mass is 279 g/mol. The predicted molar refractivity (Wildman–Crippen MR) is 77.0 cm³/mol. The summed E-state index contributed by atoms with van der Waals surface area (Å²) >= 11 is 0. The highest BCUT2D eigenvalue weighted by Gasteiger charge is 2.14. The number of nitrogens with zero attached hydrogens (tertiary/aromatic N) is 2. The zero-order valence-corrected chi connectivity index (χ0v) is 11.8. The minimum absolute atomic E-state index is 0.0666. The molecular formula is C14H21N3O3. The van der Waals surface area contributed by atoms with Gasteiger partial charge in [-0.3, -0.25) is 4.79 Å². The fourth-order valence-electron chi connectivity index (χ4n) is 1.93. The van der Waals surface area contributed by atoms with E-state index in [1.54, 1.807) is 0 Å². The van der Waals surface area contributed by atoms with Crippen LogP contribution < -0.4 is 10.3 Å². The highest BCUT2D eigenvalue weighted by atomic mass is 16.5. The topological polar surface area (TPSA) is 67.1 Å². The summed E-state index contributed by atoms with van der Waals surface area (Å²) in [6.07, 6.45) is 3.90. The quantitative estimate of drug-likeness (QED) is 0.636. The van der Waals surface area contributed by atoms with Crippen LogP contribution in [-0.4, -0.2) is 38.4 Å². The number of carbonyl (C=O) groups is 1. The molecule has 0 bridgehead atoms. The number of hydrogen-bond acceptors (Lipinski definition) is 5. The number of rotatable bonds is 6. The molecule has 0 aliphatic carbocycles. The van der Waals surface area contributed by atoms with Crippen LogP contribution in [0.15, 0.2) is 21.7 Å². The molecule has 6 heteroatoms. The van der Waals surface area contributed by atoms with E-state index in [1.165, 1.54) is 6.21 Å². The smallest absolute Gasteiger partial charge is 0.240 e. The van der Waals surface area contributed by atoms with E-state index in [2.05, 4.69) is 15.4 Å². The molecule has 0 atom stereocenters. The molecule has 0 spiro atoms. The predicted octanol–water partition coefficient (Wildman–Crippen LogP) is 1.76. The number of ether oxygens (including phenoxy) is 1. The second-order valence-electron chi connectivity index (χ2n) is 4.67. The standard InChI is InChI=1S/C14H21N3O3/c1-2-3-4-13(18)16-15-11-12-5-6-14(20-12)17-7-9-19-10-8-17/h5-6,11H,2-4,7-10H2,1H3,(H,16,18)/b15-11+. The Bertz CT molecular complexity index is 450. The molecule has 1 amide bonds. The number of amides is 1. The lowest BCUT2D eigenvalue weighted by Crippen LogP contribution is -2.35. The normalized spacial score (nSPS) is 15.8. The number of furan rings is 1. The first-order valence-electron chi connectivity index (χ1n) is 7.04. The van der Waals surface area contributed by atoms with Gasteiger partial charge in [-0.2, -0.15) is 5.10 Å². The van der Waals surface area contributed by atoms with Gasteiger partial charge < -0.3 is 14.1 Å². The maximum atomic E-state index is 11.4. The highest BCUT2D eigenvalue weighted by Crippen LogP contribution is 2.18. The van der Waals surface area contributed by atoms with Crippen LogP contribution in [0.3, 0.4) is 0 Å². The third kappa shape index (κ3) is 4.38. The SMILES string of the molecule is CCCCC(=O)N/N=C/c1ccc(N2CCOCC2)o1. The van der Waals surface area contributed by atoms with Gasteiger partial charge in [-0.25, -0.2) is 5.43 Å². The number of anilines is 1. The van der Waals surface area contributed by atoms with Gasteiger partial charge in [0.15, 0.2) is 5.88 Å². The van der Waals surface area contributed by atoms with Gasteiger partial charge in [0, 0.05) is 25.6 Å². The van der Waals surface area contributed by atoms with Crippen LogP contribution in [0, 0.1) is 0 Å². The van der Waals surface area contributed by atoms with Crippen molar-refractivity contribution in [2.75, 3.05) is 31.2 Å². The van der Waals surface area contributed by atoms with Gasteiger partial charge in [0.05, 0.1) is 19.4 Å². The summed E-state index contributed by atoms with van der Waals surface area (Å²) in [6.45, 7) is 5.15. The van der Waals surface area contributed by atoms with Gasteiger partial charge in [-0.1, -0.05) is 13.3 Å². The molecule has 0 unspecified atom stereocenters. The van der Waals surface area contributed by atoms with Crippen LogP contribution in [0.1, 0.15) is 31.9 Å². The van der Waals surface area contributed by atoms with Crippen molar-refractivity contribution < 1.29 is 13.9 Å². The van der Waals surface area contributed by atoms with Gasteiger partial charge in [-0.15, -0.1) is 0 Å². The number of carbonyl (C=O) groups excluding carboxylic acids is 1. The van der Waals surface area contributed by atoms with Gasteiger partial charge >= 0.3 is 0 Å². The number of unbranched alkanes of at least 4 members (excludes halogenated alkanes) is 1. The lowest BCUT2D eigenvalue weighted by atomic mass is 10.2. The highest BCUT2D eigenvalue weighted by molar-refractivity contribution is 5.80. The molecule has 1 aromatic heterocycles. The van der Waals surface area contributed by atoms with E-state index in [9.17, 15) is 4.79 Å². The third-order valence-corrected chi connectivity index (χ3v) is 3.07. The van der Waals surface area contributed by atoms with Gasteiger partial charge in [-0.05, 0) is 12.5 Å². The first-order valence-corrected chi connectivity index (χ1v) is 7.04. The molecule has 1 aliphatic heterocycles. The van der Waals surface area contributed by atoms with Crippen molar-refractivity contribution in [2.24, 2.45) is 5.10 Å². The second-order valence-corrected chi connectivity index (χ2v) is 4.67. The minimum Gasteiger partial charge on any atom is -0.440 e. The summed E-state index contributed by atoms with van der Waals surface area (Å²) in [7, 11) is 0. The summed E-state index contributed by atoms with van der Waals surface area (Å²) in [4.78, 5) is 13.5. The molecule has 110 valence electrons. The molecular weight excluding hydrogens is 258 g/mol. The van der Waals surface area contributed by atoms with E-state index < -0.39 is 0 Å². The number of morpholine rings is 1. The van der Waals surface area contributed by atoms with Gasteiger partial charge in [0.1, 0.15) is 5.76 Å². The number of hydrazone groups is 1. The van der Waals surface area contributed by atoms with Crippen molar-refractivity contribution in [3.8, 4) is 0 Å². The van der Waals surface area contributed by atoms with Crippen LogP contribution in [0.2, 0.25) is 0 Å². The molecule has 1 N–H and O–H groups in total. The van der Waals surface area contributed by atoms with Crippen molar-refractivity contribution in [1.82, 2.24) is 5.43 Å². The number of nitrogens with one attached hydrogen (secondary N) is 1.